The van der Waals surface area contributed by atoms with E-state index >= 15 is 0 Å². The lowest BCUT2D eigenvalue weighted by Gasteiger charge is -2.23. The average Bonchev–Trinajstić information content (AvgIpc) is 2.55. The van der Waals surface area contributed by atoms with Crippen molar-refractivity contribution >= 4 is 23.1 Å². The summed E-state index contributed by atoms with van der Waals surface area (Å²) in [6.45, 7) is 0. The Bertz CT molecular complexity index is 712. The van der Waals surface area contributed by atoms with Crippen molar-refractivity contribution in [3.63, 3.8) is 0 Å². The van der Waals surface area contributed by atoms with Crippen LogP contribution in [0.3, 0.4) is 0 Å². The van der Waals surface area contributed by atoms with Crippen molar-refractivity contribution in [1.29, 1.82) is 0 Å². The number of ether oxygens (including phenoxy) is 2. The summed E-state index contributed by atoms with van der Waals surface area (Å²) in [5.41, 5.74) is 1.62. The van der Waals surface area contributed by atoms with Crippen molar-refractivity contribution < 1.29 is 14.3 Å². The maximum absolute atomic E-state index is 11.9. The van der Waals surface area contributed by atoms with Gasteiger partial charge in [0.25, 0.3) is 0 Å². The van der Waals surface area contributed by atoms with Crippen LogP contribution in [0.5, 0.6) is 11.5 Å². The van der Waals surface area contributed by atoms with E-state index in [-0.39, 0.29) is 11.8 Å². The molecular weight excluding hydrogens is 306 g/mol. The predicted octanol–water partition coefficient (Wildman–Crippen LogP) is 3.58. The van der Waals surface area contributed by atoms with Gasteiger partial charge in [0.2, 0.25) is 5.91 Å². The van der Waals surface area contributed by atoms with E-state index in [0.29, 0.717) is 11.6 Å². The highest BCUT2D eigenvalue weighted by Crippen LogP contribution is 2.31. The van der Waals surface area contributed by atoms with Gasteiger partial charge >= 0.3 is 0 Å². The molecule has 1 amide bonds. The van der Waals surface area contributed by atoms with E-state index in [2.05, 4.69) is 15.6 Å². The second-order valence-corrected chi connectivity index (χ2v) is 5.74. The SMILES string of the molecule is COc1ccc(Nc2ccc(NC(=O)C3CCC3)nc2)c(OC)c1. The molecule has 0 spiro atoms. The fourth-order valence-corrected chi connectivity index (χ4v) is 2.50. The topological polar surface area (TPSA) is 72.5 Å². The van der Waals surface area contributed by atoms with Gasteiger partial charge < -0.3 is 20.1 Å². The van der Waals surface area contributed by atoms with E-state index in [1.165, 1.54) is 0 Å². The van der Waals surface area contributed by atoms with Gasteiger partial charge in [0.05, 0.1) is 31.8 Å². The molecule has 1 heterocycles. The number of methoxy groups -OCH3 is 2. The van der Waals surface area contributed by atoms with Gasteiger partial charge in [-0.3, -0.25) is 4.79 Å². The molecule has 6 nitrogen and oxygen atoms in total. The van der Waals surface area contributed by atoms with Gasteiger partial charge in [-0.25, -0.2) is 4.98 Å². The number of amides is 1. The van der Waals surface area contributed by atoms with Crippen molar-refractivity contribution in [2.75, 3.05) is 24.9 Å². The Morgan fingerprint density at radius 2 is 2.00 bits per heavy atom. The lowest BCUT2D eigenvalue weighted by atomic mass is 9.85. The molecule has 1 aliphatic carbocycles. The van der Waals surface area contributed by atoms with Gasteiger partial charge in [-0.15, -0.1) is 0 Å². The molecule has 0 radical (unpaired) electrons. The normalized spacial score (nSPS) is 13.8. The number of nitrogens with one attached hydrogen (secondary N) is 2. The molecular formula is C18H21N3O3. The lowest BCUT2D eigenvalue weighted by molar-refractivity contribution is -0.122. The second-order valence-electron chi connectivity index (χ2n) is 5.74. The van der Waals surface area contributed by atoms with Crippen molar-refractivity contribution in [3.05, 3.63) is 36.5 Å². The van der Waals surface area contributed by atoms with Crippen LogP contribution in [-0.2, 0) is 4.79 Å². The first-order valence-corrected chi connectivity index (χ1v) is 7.95. The van der Waals surface area contributed by atoms with Crippen molar-refractivity contribution in [1.82, 2.24) is 4.98 Å². The number of carbonyl (C=O) groups is 1. The van der Waals surface area contributed by atoms with Crippen LogP contribution < -0.4 is 20.1 Å². The summed E-state index contributed by atoms with van der Waals surface area (Å²) in [6, 6.07) is 9.19. The fraction of sp³-hybridized carbons (Fsp3) is 0.333. The molecule has 1 aromatic heterocycles. The van der Waals surface area contributed by atoms with E-state index in [4.69, 9.17) is 9.47 Å². The summed E-state index contributed by atoms with van der Waals surface area (Å²) >= 11 is 0. The molecule has 1 fully saturated rings. The molecule has 0 atom stereocenters. The Hall–Kier alpha value is -2.76. The number of hydrogen-bond acceptors (Lipinski definition) is 5. The Labute approximate surface area is 141 Å². The Morgan fingerprint density at radius 1 is 1.17 bits per heavy atom. The van der Waals surface area contributed by atoms with Crippen molar-refractivity contribution in [2.24, 2.45) is 5.92 Å². The third kappa shape index (κ3) is 3.59. The molecule has 1 aromatic carbocycles. The maximum Gasteiger partial charge on any atom is 0.228 e. The molecule has 0 unspecified atom stereocenters. The summed E-state index contributed by atoms with van der Waals surface area (Å²) < 4.78 is 10.5. The molecule has 1 saturated carbocycles. The average molecular weight is 327 g/mol. The van der Waals surface area contributed by atoms with Gasteiger partial charge in [0, 0.05) is 12.0 Å². The van der Waals surface area contributed by atoms with E-state index < -0.39 is 0 Å². The Morgan fingerprint density at radius 3 is 2.58 bits per heavy atom. The summed E-state index contributed by atoms with van der Waals surface area (Å²) in [5.74, 6) is 2.18. The summed E-state index contributed by atoms with van der Waals surface area (Å²) in [4.78, 5) is 16.2. The quantitative estimate of drug-likeness (QED) is 0.848. The third-order valence-electron chi connectivity index (χ3n) is 4.18. The second kappa shape index (κ2) is 7.21. The highest BCUT2D eigenvalue weighted by atomic mass is 16.5. The van der Waals surface area contributed by atoms with Crippen LogP contribution in [0.1, 0.15) is 19.3 Å². The number of carbonyl (C=O) groups excluding carboxylic acids is 1. The molecule has 3 rings (SSSR count). The number of aromatic nitrogens is 1. The van der Waals surface area contributed by atoms with Gasteiger partial charge in [-0.05, 0) is 37.1 Å². The molecule has 0 saturated heterocycles. The zero-order valence-corrected chi connectivity index (χ0v) is 13.8. The Kier molecular flexibility index (Phi) is 4.84. The zero-order valence-electron chi connectivity index (χ0n) is 13.8. The highest BCUT2D eigenvalue weighted by Gasteiger charge is 2.25. The van der Waals surface area contributed by atoms with Crippen LogP contribution in [-0.4, -0.2) is 25.1 Å². The largest absolute Gasteiger partial charge is 0.497 e. The standard InChI is InChI=1S/C18H21N3O3/c1-23-14-7-8-15(16(10-14)24-2)20-13-6-9-17(19-11-13)21-18(22)12-4-3-5-12/h6-12,20H,3-5H2,1-2H3,(H,19,21,22). The molecule has 1 aliphatic rings. The van der Waals surface area contributed by atoms with E-state index in [9.17, 15) is 4.79 Å². The Balaban J connectivity index is 1.66. The van der Waals surface area contributed by atoms with E-state index in [1.54, 1.807) is 26.5 Å². The van der Waals surface area contributed by atoms with Crippen LogP contribution >= 0.6 is 0 Å². The van der Waals surface area contributed by atoms with Crippen LogP contribution in [0.15, 0.2) is 36.5 Å². The minimum absolute atomic E-state index is 0.0614. The van der Waals surface area contributed by atoms with Gasteiger partial charge in [0.1, 0.15) is 17.3 Å². The highest BCUT2D eigenvalue weighted by molar-refractivity contribution is 5.92. The maximum atomic E-state index is 11.9. The van der Waals surface area contributed by atoms with Gasteiger partial charge in [0.15, 0.2) is 0 Å². The first-order valence-electron chi connectivity index (χ1n) is 7.95. The smallest absolute Gasteiger partial charge is 0.228 e. The lowest BCUT2D eigenvalue weighted by Crippen LogP contribution is -2.28. The number of benzene rings is 1. The molecule has 24 heavy (non-hydrogen) atoms. The number of anilines is 3. The van der Waals surface area contributed by atoms with Gasteiger partial charge in [-0.2, -0.15) is 0 Å². The number of pyridine rings is 1. The minimum Gasteiger partial charge on any atom is -0.497 e. The molecule has 0 aliphatic heterocycles. The van der Waals surface area contributed by atoms with Crippen molar-refractivity contribution in [3.8, 4) is 11.5 Å². The van der Waals surface area contributed by atoms with E-state index in [0.717, 1.165) is 36.4 Å². The van der Waals surface area contributed by atoms with Crippen molar-refractivity contribution in [2.45, 2.75) is 19.3 Å². The van der Waals surface area contributed by atoms with Crippen LogP contribution in [0.4, 0.5) is 17.2 Å². The number of hydrogen-bond donors (Lipinski definition) is 2. The molecule has 2 aromatic rings. The minimum atomic E-state index is 0.0614. The first-order chi connectivity index (χ1) is 11.7. The summed E-state index contributed by atoms with van der Waals surface area (Å²) in [5, 5.41) is 6.10. The van der Waals surface area contributed by atoms with Crippen LogP contribution in [0, 0.1) is 5.92 Å². The molecule has 6 heteroatoms. The predicted molar refractivity (Wildman–Crippen MR) is 93.0 cm³/mol. The van der Waals surface area contributed by atoms with Crippen LogP contribution in [0.2, 0.25) is 0 Å². The first kappa shape index (κ1) is 16.1. The molecule has 126 valence electrons. The summed E-state index contributed by atoms with van der Waals surface area (Å²) in [6.07, 6.45) is 4.77. The molecule has 0 bridgehead atoms. The van der Waals surface area contributed by atoms with Gasteiger partial charge in [-0.1, -0.05) is 6.42 Å². The van der Waals surface area contributed by atoms with Crippen LogP contribution in [0.25, 0.3) is 0 Å². The zero-order chi connectivity index (χ0) is 16.9. The summed E-state index contributed by atoms with van der Waals surface area (Å²) in [7, 11) is 3.22. The molecule has 2 N–H and O–H groups in total. The fourth-order valence-electron chi connectivity index (χ4n) is 2.50. The number of rotatable bonds is 6. The number of nitrogens with zero attached hydrogens (tertiary/aromatic N) is 1. The monoisotopic (exact) mass is 327 g/mol. The third-order valence-corrected chi connectivity index (χ3v) is 4.18. The van der Waals surface area contributed by atoms with E-state index in [1.807, 2.05) is 24.3 Å².